The maximum Gasteiger partial charge on any atom is 0.262 e. The van der Waals surface area contributed by atoms with Crippen molar-refractivity contribution in [2.75, 3.05) is 5.75 Å². The third kappa shape index (κ3) is 4.49. The molecule has 1 heterocycles. The number of aromatic nitrogens is 2. The second-order valence-electron chi connectivity index (χ2n) is 7.86. The standard InChI is InChI=1S/C25H25N3O2S/c1-16(2)28-24(30)21-10-6-7-11-22(21)27-25(28)31-15-23(29)26-17(3)19-13-12-18-8-4-5-9-20(18)14-19/h4-14,16-17H,15H2,1-3H3,(H,26,29). The van der Waals surface area contributed by atoms with Crippen LogP contribution < -0.4 is 10.9 Å². The molecule has 0 aliphatic carbocycles. The topological polar surface area (TPSA) is 64.0 Å². The van der Waals surface area contributed by atoms with E-state index in [1.165, 1.54) is 17.1 Å². The van der Waals surface area contributed by atoms with Crippen LogP contribution in [0.2, 0.25) is 0 Å². The maximum absolute atomic E-state index is 12.9. The molecular weight excluding hydrogens is 406 g/mol. The highest BCUT2D eigenvalue weighted by Gasteiger charge is 2.16. The lowest BCUT2D eigenvalue weighted by atomic mass is 10.0. The van der Waals surface area contributed by atoms with Crippen LogP contribution in [0.15, 0.2) is 76.7 Å². The first-order valence-electron chi connectivity index (χ1n) is 10.4. The quantitative estimate of drug-likeness (QED) is 0.341. The molecular formula is C25H25N3O2S. The number of benzene rings is 3. The molecule has 1 N–H and O–H groups in total. The molecule has 0 fully saturated rings. The first-order valence-corrected chi connectivity index (χ1v) is 11.3. The highest BCUT2D eigenvalue weighted by molar-refractivity contribution is 7.99. The molecule has 5 nitrogen and oxygen atoms in total. The number of rotatable bonds is 6. The summed E-state index contributed by atoms with van der Waals surface area (Å²) in [6.07, 6.45) is 0. The highest BCUT2D eigenvalue weighted by atomic mass is 32.2. The molecule has 0 saturated carbocycles. The van der Waals surface area contributed by atoms with Gasteiger partial charge in [0.1, 0.15) is 0 Å². The molecule has 0 radical (unpaired) electrons. The monoisotopic (exact) mass is 431 g/mol. The van der Waals surface area contributed by atoms with E-state index in [-0.39, 0.29) is 29.3 Å². The van der Waals surface area contributed by atoms with E-state index < -0.39 is 0 Å². The van der Waals surface area contributed by atoms with Gasteiger partial charge in [0, 0.05) is 6.04 Å². The number of carbonyl (C=O) groups is 1. The van der Waals surface area contributed by atoms with Crippen molar-refractivity contribution in [3.05, 3.63) is 82.6 Å². The van der Waals surface area contributed by atoms with Crippen LogP contribution in [0, 0.1) is 0 Å². The molecule has 4 aromatic rings. The molecule has 1 unspecified atom stereocenters. The molecule has 0 bridgehead atoms. The molecule has 0 aliphatic heterocycles. The molecule has 1 atom stereocenters. The Morgan fingerprint density at radius 2 is 1.71 bits per heavy atom. The van der Waals surface area contributed by atoms with E-state index in [1.54, 1.807) is 10.6 Å². The van der Waals surface area contributed by atoms with Crippen LogP contribution in [-0.2, 0) is 4.79 Å². The smallest absolute Gasteiger partial charge is 0.262 e. The molecule has 158 valence electrons. The minimum Gasteiger partial charge on any atom is -0.349 e. The molecule has 1 aromatic heterocycles. The van der Waals surface area contributed by atoms with Crippen molar-refractivity contribution >= 4 is 39.3 Å². The summed E-state index contributed by atoms with van der Waals surface area (Å²) in [5.41, 5.74) is 1.63. The van der Waals surface area contributed by atoms with E-state index in [2.05, 4.69) is 34.6 Å². The van der Waals surface area contributed by atoms with Gasteiger partial charge in [-0.3, -0.25) is 14.2 Å². The Bertz CT molecular complexity index is 1310. The summed E-state index contributed by atoms with van der Waals surface area (Å²) in [7, 11) is 0. The Balaban J connectivity index is 1.49. The van der Waals surface area contributed by atoms with Crippen molar-refractivity contribution in [3.8, 4) is 0 Å². The van der Waals surface area contributed by atoms with E-state index in [9.17, 15) is 9.59 Å². The summed E-state index contributed by atoms with van der Waals surface area (Å²) >= 11 is 1.29. The highest BCUT2D eigenvalue weighted by Crippen LogP contribution is 2.23. The number of hydrogen-bond donors (Lipinski definition) is 1. The van der Waals surface area contributed by atoms with Gasteiger partial charge in [-0.25, -0.2) is 4.98 Å². The lowest BCUT2D eigenvalue weighted by molar-refractivity contribution is -0.119. The summed E-state index contributed by atoms with van der Waals surface area (Å²) in [4.78, 5) is 30.2. The van der Waals surface area contributed by atoms with Gasteiger partial charge in [0.2, 0.25) is 5.91 Å². The van der Waals surface area contributed by atoms with Crippen molar-refractivity contribution in [2.24, 2.45) is 0 Å². The number of amides is 1. The fourth-order valence-corrected chi connectivity index (χ4v) is 4.60. The predicted molar refractivity (Wildman–Crippen MR) is 128 cm³/mol. The van der Waals surface area contributed by atoms with Crippen LogP contribution in [0.1, 0.15) is 38.4 Å². The average molecular weight is 432 g/mol. The molecule has 0 aliphatic rings. The van der Waals surface area contributed by atoms with Gasteiger partial charge in [0.05, 0.1) is 22.7 Å². The molecule has 6 heteroatoms. The molecule has 31 heavy (non-hydrogen) atoms. The minimum atomic E-state index is -0.116. The van der Waals surface area contributed by atoms with Crippen molar-refractivity contribution in [1.29, 1.82) is 0 Å². The number of fused-ring (bicyclic) bond motifs is 2. The van der Waals surface area contributed by atoms with E-state index in [0.717, 1.165) is 10.9 Å². The number of nitrogens with zero attached hydrogens (tertiary/aromatic N) is 2. The molecule has 0 spiro atoms. The Hall–Kier alpha value is -3.12. The van der Waals surface area contributed by atoms with Gasteiger partial charge >= 0.3 is 0 Å². The van der Waals surface area contributed by atoms with Crippen molar-refractivity contribution in [2.45, 2.75) is 38.0 Å². The van der Waals surface area contributed by atoms with Crippen LogP contribution in [-0.4, -0.2) is 21.2 Å². The van der Waals surface area contributed by atoms with E-state index >= 15 is 0 Å². The normalized spacial score (nSPS) is 12.4. The van der Waals surface area contributed by atoms with E-state index in [4.69, 9.17) is 0 Å². The minimum absolute atomic E-state index is 0.0494. The van der Waals surface area contributed by atoms with Crippen LogP contribution in [0.5, 0.6) is 0 Å². The Morgan fingerprint density at radius 3 is 2.48 bits per heavy atom. The van der Waals surface area contributed by atoms with Crippen LogP contribution in [0.4, 0.5) is 0 Å². The van der Waals surface area contributed by atoms with Gasteiger partial charge in [-0.05, 0) is 55.3 Å². The second kappa shape index (κ2) is 8.94. The SMILES string of the molecule is CC(NC(=O)CSc1nc2ccccc2c(=O)n1C(C)C)c1ccc2ccccc2c1. The number of para-hydroxylation sites is 1. The van der Waals surface area contributed by atoms with Crippen LogP contribution in [0.25, 0.3) is 21.7 Å². The zero-order valence-corrected chi connectivity index (χ0v) is 18.6. The molecule has 4 rings (SSSR count). The van der Waals surface area contributed by atoms with Crippen molar-refractivity contribution < 1.29 is 4.79 Å². The third-order valence-electron chi connectivity index (χ3n) is 5.28. The predicted octanol–water partition coefficient (Wildman–Crippen LogP) is 5.10. The second-order valence-corrected chi connectivity index (χ2v) is 8.81. The summed E-state index contributed by atoms with van der Waals surface area (Å²) in [5.74, 6) is 0.0958. The van der Waals surface area contributed by atoms with Crippen molar-refractivity contribution in [1.82, 2.24) is 14.9 Å². The zero-order chi connectivity index (χ0) is 22.0. The summed E-state index contributed by atoms with van der Waals surface area (Å²) in [6.45, 7) is 5.87. The summed E-state index contributed by atoms with van der Waals surface area (Å²) in [5, 5.41) is 6.54. The molecule has 1 amide bonds. The number of thioether (sulfide) groups is 1. The average Bonchev–Trinajstić information content (AvgIpc) is 2.77. The molecule has 0 saturated heterocycles. The Kier molecular flexibility index (Phi) is 6.09. The zero-order valence-electron chi connectivity index (χ0n) is 17.8. The van der Waals surface area contributed by atoms with Crippen LogP contribution in [0.3, 0.4) is 0 Å². The fourth-order valence-electron chi connectivity index (χ4n) is 3.66. The van der Waals surface area contributed by atoms with Gasteiger partial charge in [-0.15, -0.1) is 0 Å². The summed E-state index contributed by atoms with van der Waals surface area (Å²) in [6, 6.07) is 21.5. The lowest BCUT2D eigenvalue weighted by Crippen LogP contribution is -2.29. The fraction of sp³-hybridized carbons (Fsp3) is 0.240. The third-order valence-corrected chi connectivity index (χ3v) is 6.23. The Labute approximate surface area is 185 Å². The van der Waals surface area contributed by atoms with Gasteiger partial charge in [-0.1, -0.05) is 60.3 Å². The largest absolute Gasteiger partial charge is 0.349 e. The van der Waals surface area contributed by atoms with E-state index in [1.807, 2.05) is 57.2 Å². The van der Waals surface area contributed by atoms with Gasteiger partial charge in [-0.2, -0.15) is 0 Å². The van der Waals surface area contributed by atoms with Gasteiger partial charge < -0.3 is 5.32 Å². The first-order chi connectivity index (χ1) is 14.9. The van der Waals surface area contributed by atoms with Crippen molar-refractivity contribution in [3.63, 3.8) is 0 Å². The number of carbonyl (C=O) groups excluding carboxylic acids is 1. The number of hydrogen-bond acceptors (Lipinski definition) is 4. The lowest BCUT2D eigenvalue weighted by Gasteiger charge is -2.17. The molecule has 3 aromatic carbocycles. The summed E-state index contributed by atoms with van der Waals surface area (Å²) < 4.78 is 1.66. The first kappa shape index (κ1) is 21.1. The van der Waals surface area contributed by atoms with Gasteiger partial charge in [0.15, 0.2) is 5.16 Å². The van der Waals surface area contributed by atoms with Crippen LogP contribution >= 0.6 is 11.8 Å². The van der Waals surface area contributed by atoms with Gasteiger partial charge in [0.25, 0.3) is 5.56 Å². The van der Waals surface area contributed by atoms with E-state index in [0.29, 0.717) is 16.1 Å². The Morgan fingerprint density at radius 1 is 1.00 bits per heavy atom. The maximum atomic E-state index is 12.9. The number of nitrogens with one attached hydrogen (secondary N) is 1.